The van der Waals surface area contributed by atoms with Gasteiger partial charge < -0.3 is 9.15 Å². The number of hydrogen-bond acceptors (Lipinski definition) is 4. The van der Waals surface area contributed by atoms with Gasteiger partial charge in [-0.05, 0) is 61.4 Å². The molecule has 1 heterocycles. The van der Waals surface area contributed by atoms with Crippen LogP contribution in [0.4, 0.5) is 0 Å². The Morgan fingerprint density at radius 2 is 1.89 bits per heavy atom. The maximum atomic E-state index is 11.9. The van der Waals surface area contributed by atoms with Gasteiger partial charge in [0.1, 0.15) is 17.3 Å². The minimum Gasteiger partial charge on any atom is -0.483 e. The van der Waals surface area contributed by atoms with Gasteiger partial charge in [0.15, 0.2) is 6.61 Å². The van der Waals surface area contributed by atoms with Gasteiger partial charge in [0.2, 0.25) is 0 Å². The lowest BCUT2D eigenvalue weighted by atomic mass is 10.1. The molecule has 0 aliphatic rings. The topological polar surface area (TPSA) is 63.8 Å². The van der Waals surface area contributed by atoms with Crippen molar-refractivity contribution in [2.24, 2.45) is 5.10 Å². The van der Waals surface area contributed by atoms with E-state index in [-0.39, 0.29) is 12.5 Å². The summed E-state index contributed by atoms with van der Waals surface area (Å²) in [5.74, 6) is 1.37. The number of halogens is 2. The van der Waals surface area contributed by atoms with Gasteiger partial charge in [0.05, 0.1) is 6.21 Å². The normalized spacial score (nSPS) is 11.0. The third-order valence-electron chi connectivity index (χ3n) is 4.07. The molecule has 0 unspecified atom stereocenters. The Morgan fingerprint density at radius 1 is 1.14 bits per heavy atom. The molecule has 7 heteroatoms. The largest absolute Gasteiger partial charge is 0.483 e. The number of carbonyl (C=O) groups is 1. The molecule has 1 amide bonds. The van der Waals surface area contributed by atoms with Crippen LogP contribution in [0.1, 0.15) is 16.9 Å². The van der Waals surface area contributed by atoms with Crippen molar-refractivity contribution in [1.82, 2.24) is 5.43 Å². The van der Waals surface area contributed by atoms with Crippen LogP contribution < -0.4 is 10.2 Å². The lowest BCUT2D eigenvalue weighted by Crippen LogP contribution is -2.24. The average molecular weight is 417 g/mol. The van der Waals surface area contributed by atoms with Gasteiger partial charge in [-0.2, -0.15) is 5.10 Å². The van der Waals surface area contributed by atoms with Crippen LogP contribution in [-0.2, 0) is 4.79 Å². The van der Waals surface area contributed by atoms with E-state index in [1.54, 1.807) is 30.3 Å². The lowest BCUT2D eigenvalue weighted by Gasteiger charge is -2.09. The van der Waals surface area contributed by atoms with Gasteiger partial charge >= 0.3 is 0 Å². The van der Waals surface area contributed by atoms with Gasteiger partial charge in [-0.15, -0.1) is 0 Å². The fraction of sp³-hybridized carbons (Fsp3) is 0.143. The van der Waals surface area contributed by atoms with E-state index in [1.807, 2.05) is 32.0 Å². The Labute approximate surface area is 172 Å². The van der Waals surface area contributed by atoms with Gasteiger partial charge in [0.25, 0.3) is 5.91 Å². The Kier molecular flexibility index (Phi) is 6.39. The van der Waals surface area contributed by atoms with Crippen molar-refractivity contribution in [2.75, 3.05) is 6.61 Å². The summed E-state index contributed by atoms with van der Waals surface area (Å²) in [6.45, 7) is 3.80. The number of benzene rings is 2. The molecule has 1 aromatic heterocycles. The van der Waals surface area contributed by atoms with E-state index in [0.717, 1.165) is 16.7 Å². The molecular weight excluding hydrogens is 399 g/mol. The van der Waals surface area contributed by atoms with Crippen LogP contribution in [-0.4, -0.2) is 18.7 Å². The number of rotatable bonds is 6. The highest BCUT2D eigenvalue weighted by atomic mass is 35.5. The van der Waals surface area contributed by atoms with E-state index in [2.05, 4.69) is 10.5 Å². The van der Waals surface area contributed by atoms with Crippen molar-refractivity contribution in [3.05, 3.63) is 75.5 Å². The van der Waals surface area contributed by atoms with Crippen molar-refractivity contribution in [2.45, 2.75) is 13.8 Å². The fourth-order valence-corrected chi connectivity index (χ4v) is 3.02. The number of nitrogens with one attached hydrogen (secondary N) is 1. The quantitative estimate of drug-likeness (QED) is 0.432. The Balaban J connectivity index is 1.55. The first-order chi connectivity index (χ1) is 13.4. The maximum absolute atomic E-state index is 11.9. The summed E-state index contributed by atoms with van der Waals surface area (Å²) in [7, 11) is 0. The van der Waals surface area contributed by atoms with E-state index in [1.165, 1.54) is 6.21 Å². The van der Waals surface area contributed by atoms with Crippen molar-refractivity contribution < 1.29 is 13.9 Å². The molecule has 3 aromatic rings. The zero-order chi connectivity index (χ0) is 20.1. The number of carbonyl (C=O) groups excluding carboxylic acids is 1. The Bertz CT molecular complexity index is 1010. The molecule has 0 saturated heterocycles. The first kappa shape index (κ1) is 20.0. The molecule has 5 nitrogen and oxygen atoms in total. The zero-order valence-electron chi connectivity index (χ0n) is 15.3. The summed E-state index contributed by atoms with van der Waals surface area (Å²) in [6, 6.07) is 14.3. The summed E-state index contributed by atoms with van der Waals surface area (Å²) in [6.07, 6.45) is 1.41. The monoisotopic (exact) mass is 416 g/mol. The number of hydrazone groups is 1. The second-order valence-electron chi connectivity index (χ2n) is 6.14. The first-order valence-corrected chi connectivity index (χ1v) is 9.25. The minimum atomic E-state index is -0.370. The Hall–Kier alpha value is -2.76. The van der Waals surface area contributed by atoms with Crippen molar-refractivity contribution in [3.8, 4) is 17.1 Å². The lowest BCUT2D eigenvalue weighted by molar-refractivity contribution is -0.123. The molecule has 0 aliphatic carbocycles. The summed E-state index contributed by atoms with van der Waals surface area (Å²) in [5.41, 5.74) is 5.26. The summed E-state index contributed by atoms with van der Waals surface area (Å²) < 4.78 is 11.2. The molecule has 28 heavy (non-hydrogen) atoms. The van der Waals surface area contributed by atoms with Crippen LogP contribution in [0.2, 0.25) is 10.0 Å². The van der Waals surface area contributed by atoms with Crippen molar-refractivity contribution in [1.29, 1.82) is 0 Å². The Morgan fingerprint density at radius 3 is 2.64 bits per heavy atom. The minimum absolute atomic E-state index is 0.133. The SMILES string of the molecule is Cc1cccc(OCC(=O)NN=Cc2ccc(-c3cc(Cl)cc(Cl)c3)o2)c1C. The highest BCUT2D eigenvalue weighted by Gasteiger charge is 2.07. The molecule has 0 saturated carbocycles. The number of furan rings is 1. The zero-order valence-corrected chi connectivity index (χ0v) is 16.8. The molecule has 0 bridgehead atoms. The van der Waals surface area contributed by atoms with Gasteiger partial charge in [0, 0.05) is 15.6 Å². The summed E-state index contributed by atoms with van der Waals surface area (Å²) in [5, 5.41) is 4.92. The van der Waals surface area contributed by atoms with Crippen molar-refractivity contribution in [3.63, 3.8) is 0 Å². The van der Waals surface area contributed by atoms with Crippen LogP contribution >= 0.6 is 23.2 Å². The number of hydrogen-bond donors (Lipinski definition) is 1. The first-order valence-electron chi connectivity index (χ1n) is 8.49. The molecule has 0 radical (unpaired) electrons. The van der Waals surface area contributed by atoms with Crippen molar-refractivity contribution >= 4 is 35.3 Å². The number of nitrogens with zero attached hydrogens (tertiary/aromatic N) is 1. The van der Waals surface area contributed by atoms with E-state index < -0.39 is 0 Å². The third-order valence-corrected chi connectivity index (χ3v) is 4.51. The van der Waals surface area contributed by atoms with Gasteiger partial charge in [-0.25, -0.2) is 5.43 Å². The second-order valence-corrected chi connectivity index (χ2v) is 7.01. The van der Waals surface area contributed by atoms with E-state index >= 15 is 0 Å². The van der Waals surface area contributed by atoms with Crippen LogP contribution in [0.3, 0.4) is 0 Å². The standard InChI is InChI=1S/C21H18Cl2N2O3/c1-13-4-3-5-19(14(13)2)27-12-21(26)25-24-11-18-6-7-20(28-18)15-8-16(22)10-17(23)9-15/h3-11H,12H2,1-2H3,(H,25,26). The summed E-state index contributed by atoms with van der Waals surface area (Å²) >= 11 is 12.0. The highest BCUT2D eigenvalue weighted by Crippen LogP contribution is 2.28. The number of amides is 1. The predicted octanol–water partition coefficient (Wildman–Crippen LogP) is 5.40. The van der Waals surface area contributed by atoms with Crippen LogP contribution in [0.25, 0.3) is 11.3 Å². The molecule has 0 spiro atoms. The van der Waals surface area contributed by atoms with Crippen LogP contribution in [0.15, 0.2) is 58.0 Å². The predicted molar refractivity (Wildman–Crippen MR) is 111 cm³/mol. The molecule has 0 atom stereocenters. The maximum Gasteiger partial charge on any atom is 0.277 e. The van der Waals surface area contributed by atoms with E-state index in [0.29, 0.717) is 27.3 Å². The third kappa shape index (κ3) is 5.15. The summed E-state index contributed by atoms with van der Waals surface area (Å²) in [4.78, 5) is 11.9. The highest BCUT2D eigenvalue weighted by molar-refractivity contribution is 6.35. The molecule has 0 aliphatic heterocycles. The number of ether oxygens (including phenoxy) is 1. The number of aryl methyl sites for hydroxylation is 1. The van der Waals surface area contributed by atoms with Gasteiger partial charge in [-0.1, -0.05) is 35.3 Å². The van der Waals surface area contributed by atoms with E-state index in [4.69, 9.17) is 32.4 Å². The molecule has 0 fully saturated rings. The fourth-order valence-electron chi connectivity index (χ4n) is 2.50. The molecule has 1 N–H and O–H groups in total. The molecular formula is C21H18Cl2N2O3. The van der Waals surface area contributed by atoms with E-state index in [9.17, 15) is 4.79 Å². The van der Waals surface area contributed by atoms with Crippen LogP contribution in [0.5, 0.6) is 5.75 Å². The molecule has 2 aromatic carbocycles. The molecule has 144 valence electrons. The average Bonchev–Trinajstić information content (AvgIpc) is 3.11. The van der Waals surface area contributed by atoms with Crippen LogP contribution in [0, 0.1) is 13.8 Å². The second kappa shape index (κ2) is 8.95. The van der Waals surface area contributed by atoms with Gasteiger partial charge in [-0.3, -0.25) is 4.79 Å². The smallest absolute Gasteiger partial charge is 0.277 e. The molecule has 3 rings (SSSR count).